The molecule has 4 heteroatoms. The Bertz CT molecular complexity index is 779. The first-order valence-electron chi connectivity index (χ1n) is 10.0. The number of nitrogens with zero attached hydrogens (tertiary/aromatic N) is 1. The third-order valence-electron chi connectivity index (χ3n) is 4.95. The van der Waals surface area contributed by atoms with Crippen LogP contribution in [0.15, 0.2) is 54.6 Å². The zero-order chi connectivity index (χ0) is 19.8. The summed E-state index contributed by atoms with van der Waals surface area (Å²) in [4.78, 5) is 13.7. The Hall–Kier alpha value is -2.59. The lowest BCUT2D eigenvalue weighted by Crippen LogP contribution is -2.21. The van der Waals surface area contributed by atoms with E-state index in [1.165, 1.54) is 16.7 Å². The number of para-hydroxylation sites is 1. The second-order valence-electron chi connectivity index (χ2n) is 7.06. The normalized spacial score (nSPS) is 14.2. The van der Waals surface area contributed by atoms with E-state index in [-0.39, 0.29) is 5.97 Å². The Morgan fingerprint density at radius 3 is 2.68 bits per heavy atom. The molecule has 0 spiro atoms. The molecule has 0 radical (unpaired) electrons. The van der Waals surface area contributed by atoms with Crippen LogP contribution in [0.5, 0.6) is 5.75 Å². The quantitative estimate of drug-likeness (QED) is 0.625. The molecule has 0 fully saturated rings. The lowest BCUT2D eigenvalue weighted by molar-refractivity contribution is -0.143. The third-order valence-corrected chi connectivity index (χ3v) is 4.95. The minimum absolute atomic E-state index is 0.107. The molecule has 0 saturated carbocycles. The molecule has 3 rings (SSSR count). The number of benzene rings is 2. The van der Waals surface area contributed by atoms with Gasteiger partial charge in [-0.25, -0.2) is 0 Å². The van der Waals surface area contributed by atoms with Crippen LogP contribution in [0.4, 0.5) is 0 Å². The second kappa shape index (κ2) is 10.1. The van der Waals surface area contributed by atoms with Gasteiger partial charge >= 0.3 is 5.97 Å². The molecule has 4 nitrogen and oxygen atoms in total. The molecule has 0 atom stereocenters. The van der Waals surface area contributed by atoms with Gasteiger partial charge in [0.25, 0.3) is 0 Å². The van der Waals surface area contributed by atoms with Crippen LogP contribution in [0.3, 0.4) is 0 Å². The van der Waals surface area contributed by atoms with Gasteiger partial charge in [0, 0.05) is 18.5 Å². The van der Waals surface area contributed by atoms with Crippen molar-refractivity contribution in [2.45, 2.75) is 32.8 Å². The number of carbonyl (C=O) groups is 1. The van der Waals surface area contributed by atoms with Crippen molar-refractivity contribution in [1.82, 2.24) is 4.90 Å². The summed E-state index contributed by atoms with van der Waals surface area (Å²) < 4.78 is 11.0. The van der Waals surface area contributed by atoms with Crippen molar-refractivity contribution in [3.63, 3.8) is 0 Å². The van der Waals surface area contributed by atoms with Crippen LogP contribution < -0.4 is 4.74 Å². The molecule has 148 valence electrons. The van der Waals surface area contributed by atoms with E-state index in [0.29, 0.717) is 19.6 Å². The van der Waals surface area contributed by atoms with E-state index in [0.717, 1.165) is 37.2 Å². The summed E-state index contributed by atoms with van der Waals surface area (Å²) in [6, 6.07) is 16.7. The van der Waals surface area contributed by atoms with Crippen LogP contribution in [0.25, 0.3) is 5.57 Å². The van der Waals surface area contributed by atoms with Gasteiger partial charge in [0.2, 0.25) is 0 Å². The van der Waals surface area contributed by atoms with Gasteiger partial charge < -0.3 is 14.4 Å². The van der Waals surface area contributed by atoms with Crippen molar-refractivity contribution in [2.24, 2.45) is 0 Å². The maximum absolute atomic E-state index is 11.4. The monoisotopic (exact) mass is 379 g/mol. The predicted octanol–water partition coefficient (Wildman–Crippen LogP) is 4.68. The van der Waals surface area contributed by atoms with Crippen molar-refractivity contribution >= 4 is 11.5 Å². The summed E-state index contributed by atoms with van der Waals surface area (Å²) in [6.07, 6.45) is 4.56. The van der Waals surface area contributed by atoms with Crippen LogP contribution in [0, 0.1) is 0 Å². The summed E-state index contributed by atoms with van der Waals surface area (Å²) >= 11 is 0. The minimum atomic E-state index is -0.107. The average molecular weight is 380 g/mol. The summed E-state index contributed by atoms with van der Waals surface area (Å²) in [5.74, 6) is 0.831. The number of esters is 1. The van der Waals surface area contributed by atoms with E-state index < -0.39 is 0 Å². The number of hydrogen-bond acceptors (Lipinski definition) is 4. The second-order valence-corrected chi connectivity index (χ2v) is 7.06. The summed E-state index contributed by atoms with van der Waals surface area (Å²) in [5.41, 5.74) is 4.85. The van der Waals surface area contributed by atoms with Gasteiger partial charge in [-0.3, -0.25) is 4.79 Å². The maximum Gasteiger partial charge on any atom is 0.305 e. The number of carbonyl (C=O) groups excluding carboxylic acids is 1. The smallest absolute Gasteiger partial charge is 0.305 e. The third kappa shape index (κ3) is 5.23. The molecule has 28 heavy (non-hydrogen) atoms. The Balaban J connectivity index is 1.65. The Morgan fingerprint density at radius 2 is 1.86 bits per heavy atom. The molecule has 0 bridgehead atoms. The molecule has 0 amide bonds. The van der Waals surface area contributed by atoms with Gasteiger partial charge in [-0.05, 0) is 56.1 Å². The van der Waals surface area contributed by atoms with E-state index in [1.807, 2.05) is 19.1 Å². The van der Waals surface area contributed by atoms with Crippen molar-refractivity contribution in [2.75, 3.05) is 26.7 Å². The van der Waals surface area contributed by atoms with Crippen molar-refractivity contribution in [1.29, 1.82) is 0 Å². The van der Waals surface area contributed by atoms with Gasteiger partial charge in [-0.2, -0.15) is 0 Å². The SMILES string of the molecule is CCOC(=O)CCCN(C)CC/C=C1\c2ccccc2COc2ccccc21. The lowest BCUT2D eigenvalue weighted by Gasteiger charge is -2.16. The molecule has 1 aliphatic heterocycles. The van der Waals surface area contributed by atoms with Crippen LogP contribution in [0.2, 0.25) is 0 Å². The molecule has 0 aliphatic carbocycles. The van der Waals surface area contributed by atoms with Crippen LogP contribution >= 0.6 is 0 Å². The van der Waals surface area contributed by atoms with Crippen LogP contribution in [0.1, 0.15) is 42.9 Å². The van der Waals surface area contributed by atoms with E-state index in [9.17, 15) is 4.79 Å². The van der Waals surface area contributed by atoms with Crippen molar-refractivity contribution < 1.29 is 14.3 Å². The highest BCUT2D eigenvalue weighted by Gasteiger charge is 2.18. The molecule has 0 aromatic heterocycles. The van der Waals surface area contributed by atoms with Crippen LogP contribution in [-0.4, -0.2) is 37.6 Å². The molecule has 2 aromatic carbocycles. The average Bonchev–Trinajstić information content (AvgIpc) is 2.86. The fourth-order valence-corrected chi connectivity index (χ4v) is 3.51. The Labute approximate surface area is 167 Å². The van der Waals surface area contributed by atoms with E-state index >= 15 is 0 Å². The fraction of sp³-hybridized carbons (Fsp3) is 0.375. The molecule has 1 heterocycles. The van der Waals surface area contributed by atoms with Gasteiger partial charge in [-0.1, -0.05) is 48.5 Å². The molecular formula is C24H29NO3. The van der Waals surface area contributed by atoms with Gasteiger partial charge in [-0.15, -0.1) is 0 Å². The highest BCUT2D eigenvalue weighted by molar-refractivity contribution is 5.84. The maximum atomic E-state index is 11.4. The van der Waals surface area contributed by atoms with Gasteiger partial charge in [0.15, 0.2) is 0 Å². The zero-order valence-corrected chi connectivity index (χ0v) is 16.8. The number of rotatable bonds is 8. The molecule has 1 aliphatic rings. The summed E-state index contributed by atoms with van der Waals surface area (Å²) in [7, 11) is 2.10. The molecular weight excluding hydrogens is 350 g/mol. The summed E-state index contributed by atoms with van der Waals surface area (Å²) in [5, 5.41) is 0. The largest absolute Gasteiger partial charge is 0.488 e. The van der Waals surface area contributed by atoms with Gasteiger partial charge in [0.1, 0.15) is 12.4 Å². The van der Waals surface area contributed by atoms with Gasteiger partial charge in [0.05, 0.1) is 6.61 Å². The highest BCUT2D eigenvalue weighted by Crippen LogP contribution is 2.36. The van der Waals surface area contributed by atoms with Crippen LogP contribution in [-0.2, 0) is 16.1 Å². The minimum Gasteiger partial charge on any atom is -0.488 e. The number of hydrogen-bond donors (Lipinski definition) is 0. The Morgan fingerprint density at radius 1 is 1.11 bits per heavy atom. The molecule has 0 saturated heterocycles. The standard InChI is InChI=1S/C24H29NO3/c1-3-27-24(26)15-9-17-25(2)16-8-13-21-20-11-5-4-10-19(20)18-28-23-14-7-6-12-22(21)23/h4-7,10-14H,3,8-9,15-18H2,1-2H3/b21-13+. The molecule has 0 unspecified atom stereocenters. The van der Waals surface area contributed by atoms with E-state index in [2.05, 4.69) is 54.4 Å². The summed E-state index contributed by atoms with van der Waals surface area (Å²) in [6.45, 7) is 4.72. The number of fused-ring (bicyclic) bond motifs is 2. The molecule has 0 N–H and O–H groups in total. The zero-order valence-electron chi connectivity index (χ0n) is 16.8. The first kappa shape index (κ1) is 20.2. The van der Waals surface area contributed by atoms with E-state index in [4.69, 9.17) is 9.47 Å². The predicted molar refractivity (Wildman–Crippen MR) is 112 cm³/mol. The molecule has 2 aromatic rings. The highest BCUT2D eigenvalue weighted by atomic mass is 16.5. The fourth-order valence-electron chi connectivity index (χ4n) is 3.51. The van der Waals surface area contributed by atoms with E-state index in [1.54, 1.807) is 0 Å². The number of ether oxygens (including phenoxy) is 2. The first-order chi connectivity index (χ1) is 13.7. The lowest BCUT2D eigenvalue weighted by atomic mass is 9.93. The topological polar surface area (TPSA) is 38.8 Å². The van der Waals surface area contributed by atoms with Crippen molar-refractivity contribution in [3.8, 4) is 5.75 Å². The Kier molecular flexibility index (Phi) is 7.26. The first-order valence-corrected chi connectivity index (χ1v) is 10.0. The van der Waals surface area contributed by atoms with Crippen molar-refractivity contribution in [3.05, 3.63) is 71.3 Å².